The second-order valence-electron chi connectivity index (χ2n) is 4.38. The van der Waals surface area contributed by atoms with E-state index in [1.54, 1.807) is 4.90 Å². The highest BCUT2D eigenvalue weighted by Gasteiger charge is 2.17. The van der Waals surface area contributed by atoms with E-state index in [1.807, 2.05) is 20.8 Å². The van der Waals surface area contributed by atoms with Crippen LogP contribution < -0.4 is 4.90 Å². The standard InChI is InChI=1S/C13H17F2NO/c1-4-16(7-9(2)3)13-11(14)5-10(8-17)6-12(13)15/h5-6,8-9H,4,7H2,1-3H3. The monoisotopic (exact) mass is 241 g/mol. The van der Waals surface area contributed by atoms with Gasteiger partial charge < -0.3 is 4.90 Å². The van der Waals surface area contributed by atoms with Gasteiger partial charge in [-0.15, -0.1) is 0 Å². The highest BCUT2D eigenvalue weighted by molar-refractivity contribution is 5.76. The minimum atomic E-state index is -0.686. The summed E-state index contributed by atoms with van der Waals surface area (Å²) < 4.78 is 27.5. The number of carbonyl (C=O) groups is 1. The van der Waals surface area contributed by atoms with Crippen LogP contribution in [0, 0.1) is 17.6 Å². The van der Waals surface area contributed by atoms with E-state index in [9.17, 15) is 13.6 Å². The second kappa shape index (κ2) is 5.75. The summed E-state index contributed by atoms with van der Waals surface area (Å²) in [6.07, 6.45) is 0.439. The van der Waals surface area contributed by atoms with Crippen molar-refractivity contribution in [3.8, 4) is 0 Å². The van der Waals surface area contributed by atoms with Gasteiger partial charge in [0.15, 0.2) is 0 Å². The van der Waals surface area contributed by atoms with Gasteiger partial charge in [-0.2, -0.15) is 0 Å². The van der Waals surface area contributed by atoms with E-state index in [0.717, 1.165) is 12.1 Å². The van der Waals surface area contributed by atoms with Crippen molar-refractivity contribution < 1.29 is 13.6 Å². The molecular weight excluding hydrogens is 224 g/mol. The molecular formula is C13H17F2NO. The summed E-state index contributed by atoms with van der Waals surface area (Å²) in [5, 5.41) is 0. The van der Waals surface area contributed by atoms with Crippen LogP contribution in [0.25, 0.3) is 0 Å². The zero-order valence-electron chi connectivity index (χ0n) is 10.3. The lowest BCUT2D eigenvalue weighted by atomic mass is 10.1. The first kappa shape index (κ1) is 13.6. The summed E-state index contributed by atoms with van der Waals surface area (Å²) in [7, 11) is 0. The molecule has 0 N–H and O–H groups in total. The minimum absolute atomic E-state index is 0.0179. The third kappa shape index (κ3) is 3.25. The van der Waals surface area contributed by atoms with Crippen LogP contribution in [0.1, 0.15) is 31.1 Å². The molecule has 0 aliphatic rings. The van der Waals surface area contributed by atoms with Crippen LogP contribution in [0.3, 0.4) is 0 Å². The number of hydrogen-bond donors (Lipinski definition) is 0. The average molecular weight is 241 g/mol. The lowest BCUT2D eigenvalue weighted by Crippen LogP contribution is -2.29. The minimum Gasteiger partial charge on any atom is -0.367 e. The van der Waals surface area contributed by atoms with Crippen LogP contribution in [0.4, 0.5) is 14.5 Å². The Kier molecular flexibility index (Phi) is 4.61. The Bertz CT molecular complexity index is 381. The van der Waals surface area contributed by atoms with Crippen LogP contribution in [-0.4, -0.2) is 19.4 Å². The van der Waals surface area contributed by atoms with Crippen molar-refractivity contribution in [2.75, 3.05) is 18.0 Å². The smallest absolute Gasteiger partial charge is 0.150 e. The van der Waals surface area contributed by atoms with E-state index in [0.29, 0.717) is 25.3 Å². The van der Waals surface area contributed by atoms with Gasteiger partial charge in [-0.05, 0) is 25.0 Å². The highest BCUT2D eigenvalue weighted by atomic mass is 19.1. The van der Waals surface area contributed by atoms with Crippen molar-refractivity contribution in [1.29, 1.82) is 0 Å². The molecule has 0 fully saturated rings. The average Bonchev–Trinajstić information content (AvgIpc) is 2.25. The molecule has 0 aliphatic heterocycles. The number of hydrogen-bond acceptors (Lipinski definition) is 2. The van der Waals surface area contributed by atoms with Crippen LogP contribution in [0.15, 0.2) is 12.1 Å². The van der Waals surface area contributed by atoms with Crippen molar-refractivity contribution >= 4 is 12.0 Å². The van der Waals surface area contributed by atoms with E-state index in [4.69, 9.17) is 0 Å². The Hall–Kier alpha value is -1.45. The summed E-state index contributed by atoms with van der Waals surface area (Å²) in [5.74, 6) is -1.07. The van der Waals surface area contributed by atoms with Crippen LogP contribution >= 0.6 is 0 Å². The maximum atomic E-state index is 13.7. The van der Waals surface area contributed by atoms with Gasteiger partial charge in [0.1, 0.15) is 23.6 Å². The van der Waals surface area contributed by atoms with E-state index in [1.165, 1.54) is 0 Å². The molecule has 0 atom stereocenters. The molecule has 17 heavy (non-hydrogen) atoms. The summed E-state index contributed by atoms with van der Waals surface area (Å²) in [5.41, 5.74) is -0.0313. The summed E-state index contributed by atoms with van der Waals surface area (Å²) in [4.78, 5) is 12.1. The molecule has 0 aromatic heterocycles. The molecule has 0 saturated carbocycles. The van der Waals surface area contributed by atoms with Crippen molar-refractivity contribution in [2.24, 2.45) is 5.92 Å². The molecule has 1 rings (SSSR count). The highest BCUT2D eigenvalue weighted by Crippen LogP contribution is 2.25. The van der Waals surface area contributed by atoms with Crippen LogP contribution in [-0.2, 0) is 0 Å². The first-order valence-corrected chi connectivity index (χ1v) is 5.68. The Morgan fingerprint density at radius 3 is 2.18 bits per heavy atom. The van der Waals surface area contributed by atoms with E-state index >= 15 is 0 Å². The molecule has 0 unspecified atom stereocenters. The number of rotatable bonds is 5. The van der Waals surface area contributed by atoms with Crippen molar-refractivity contribution in [2.45, 2.75) is 20.8 Å². The Morgan fingerprint density at radius 1 is 1.29 bits per heavy atom. The van der Waals surface area contributed by atoms with Crippen LogP contribution in [0.5, 0.6) is 0 Å². The normalized spacial score (nSPS) is 10.7. The van der Waals surface area contributed by atoms with Crippen molar-refractivity contribution in [1.82, 2.24) is 0 Å². The third-order valence-corrected chi connectivity index (χ3v) is 2.46. The molecule has 0 heterocycles. The van der Waals surface area contributed by atoms with Crippen molar-refractivity contribution in [3.63, 3.8) is 0 Å². The zero-order valence-corrected chi connectivity index (χ0v) is 10.3. The molecule has 94 valence electrons. The first-order chi connectivity index (χ1) is 7.99. The van der Waals surface area contributed by atoms with Gasteiger partial charge in [-0.25, -0.2) is 8.78 Å². The fourth-order valence-corrected chi connectivity index (χ4v) is 1.77. The number of nitrogens with zero attached hydrogens (tertiary/aromatic N) is 1. The van der Waals surface area contributed by atoms with Gasteiger partial charge in [0.25, 0.3) is 0 Å². The largest absolute Gasteiger partial charge is 0.367 e. The first-order valence-electron chi connectivity index (χ1n) is 5.68. The molecule has 0 amide bonds. The Morgan fingerprint density at radius 2 is 1.82 bits per heavy atom. The molecule has 4 heteroatoms. The number of benzene rings is 1. The molecule has 0 aliphatic carbocycles. The van der Waals surface area contributed by atoms with Crippen LogP contribution in [0.2, 0.25) is 0 Å². The number of halogens is 2. The molecule has 2 nitrogen and oxygen atoms in total. The number of carbonyl (C=O) groups excluding carboxylic acids is 1. The summed E-state index contributed by atoms with van der Waals surface area (Å²) in [6.45, 7) is 6.91. The third-order valence-electron chi connectivity index (χ3n) is 2.46. The fraction of sp³-hybridized carbons (Fsp3) is 0.462. The van der Waals surface area contributed by atoms with Gasteiger partial charge in [0.2, 0.25) is 0 Å². The van der Waals surface area contributed by atoms with Gasteiger partial charge >= 0.3 is 0 Å². The molecule has 0 radical (unpaired) electrons. The quantitative estimate of drug-likeness (QED) is 0.737. The fourth-order valence-electron chi connectivity index (χ4n) is 1.77. The number of anilines is 1. The SMILES string of the molecule is CCN(CC(C)C)c1c(F)cc(C=O)cc1F. The molecule has 0 spiro atoms. The maximum Gasteiger partial charge on any atom is 0.150 e. The molecule has 1 aromatic carbocycles. The van der Waals surface area contributed by atoms with Gasteiger partial charge in [-0.3, -0.25) is 4.79 Å². The molecule has 0 saturated heterocycles. The summed E-state index contributed by atoms with van der Waals surface area (Å²) in [6, 6.07) is 2.13. The number of aldehydes is 1. The van der Waals surface area contributed by atoms with Gasteiger partial charge in [0.05, 0.1) is 0 Å². The summed E-state index contributed by atoms with van der Waals surface area (Å²) >= 11 is 0. The van der Waals surface area contributed by atoms with Crippen molar-refractivity contribution in [3.05, 3.63) is 29.3 Å². The maximum absolute atomic E-state index is 13.7. The Labute approximate surface area is 100 Å². The van der Waals surface area contributed by atoms with E-state index in [2.05, 4.69) is 0 Å². The van der Waals surface area contributed by atoms with E-state index < -0.39 is 11.6 Å². The lowest BCUT2D eigenvalue weighted by Gasteiger charge is -2.26. The molecule has 1 aromatic rings. The van der Waals surface area contributed by atoms with Gasteiger partial charge in [0, 0.05) is 18.7 Å². The predicted molar refractivity (Wildman–Crippen MR) is 64.5 cm³/mol. The topological polar surface area (TPSA) is 20.3 Å². The molecule has 0 bridgehead atoms. The zero-order chi connectivity index (χ0) is 13.0. The Balaban J connectivity index is 3.15. The van der Waals surface area contributed by atoms with Gasteiger partial charge in [-0.1, -0.05) is 13.8 Å². The lowest BCUT2D eigenvalue weighted by molar-refractivity contribution is 0.112. The van der Waals surface area contributed by atoms with E-state index in [-0.39, 0.29) is 11.3 Å². The predicted octanol–water partition coefficient (Wildman–Crippen LogP) is 3.26. The second-order valence-corrected chi connectivity index (χ2v) is 4.38.